The summed E-state index contributed by atoms with van der Waals surface area (Å²) in [5.41, 5.74) is 0.396. The van der Waals surface area contributed by atoms with E-state index in [0.29, 0.717) is 5.69 Å². The van der Waals surface area contributed by atoms with Gasteiger partial charge in [0.1, 0.15) is 4.21 Å². The van der Waals surface area contributed by atoms with E-state index in [9.17, 15) is 13.2 Å². The predicted molar refractivity (Wildman–Crippen MR) is 86.0 cm³/mol. The Morgan fingerprint density at radius 2 is 1.77 bits per heavy atom. The van der Waals surface area contributed by atoms with Crippen LogP contribution in [0.5, 0.6) is 0 Å². The second kappa shape index (κ2) is 5.43. The monoisotopic (exact) mass is 333 g/mol. The van der Waals surface area contributed by atoms with E-state index in [4.69, 9.17) is 5.11 Å². The van der Waals surface area contributed by atoms with Gasteiger partial charge in [0.15, 0.2) is 0 Å². The van der Waals surface area contributed by atoms with Crippen molar-refractivity contribution in [3.8, 4) is 0 Å². The van der Waals surface area contributed by atoms with E-state index in [2.05, 4.69) is 4.72 Å². The van der Waals surface area contributed by atoms with E-state index in [-0.39, 0.29) is 9.77 Å². The third-order valence-corrected chi connectivity index (χ3v) is 5.91. The van der Waals surface area contributed by atoms with Gasteiger partial charge >= 0.3 is 5.97 Å². The third-order valence-electron chi connectivity index (χ3n) is 3.09. The van der Waals surface area contributed by atoms with Crippen LogP contribution in [0.1, 0.15) is 10.4 Å². The highest BCUT2D eigenvalue weighted by molar-refractivity contribution is 7.94. The average molecular weight is 333 g/mol. The summed E-state index contributed by atoms with van der Waals surface area (Å²) in [5.74, 6) is -1.15. The number of hydrogen-bond acceptors (Lipinski definition) is 4. The Hall–Kier alpha value is -2.38. The van der Waals surface area contributed by atoms with Crippen molar-refractivity contribution in [3.63, 3.8) is 0 Å². The van der Waals surface area contributed by atoms with Gasteiger partial charge in [0.05, 0.1) is 5.56 Å². The summed E-state index contributed by atoms with van der Waals surface area (Å²) in [7, 11) is -3.79. The molecule has 0 aliphatic carbocycles. The van der Waals surface area contributed by atoms with Crippen LogP contribution in [0, 0.1) is 0 Å². The molecule has 0 atom stereocenters. The maximum Gasteiger partial charge on any atom is 0.336 e. The van der Waals surface area contributed by atoms with Crippen LogP contribution in [0.4, 0.5) is 5.69 Å². The van der Waals surface area contributed by atoms with Crippen molar-refractivity contribution in [1.82, 2.24) is 0 Å². The van der Waals surface area contributed by atoms with Crippen LogP contribution in [0.25, 0.3) is 10.8 Å². The molecule has 0 aliphatic rings. The van der Waals surface area contributed by atoms with Gasteiger partial charge in [-0.25, -0.2) is 13.2 Å². The fourth-order valence-corrected chi connectivity index (χ4v) is 4.23. The molecule has 7 heteroatoms. The zero-order chi connectivity index (χ0) is 15.7. The van der Waals surface area contributed by atoms with E-state index in [1.54, 1.807) is 12.1 Å². The Labute approximate surface area is 130 Å². The largest absolute Gasteiger partial charge is 0.478 e. The number of carboxylic acid groups (broad SMARTS) is 1. The highest BCUT2D eigenvalue weighted by atomic mass is 32.2. The van der Waals surface area contributed by atoms with Crippen LogP contribution in [-0.4, -0.2) is 19.5 Å². The van der Waals surface area contributed by atoms with Crippen LogP contribution >= 0.6 is 11.3 Å². The van der Waals surface area contributed by atoms with Crippen LogP contribution in [0.2, 0.25) is 0 Å². The maximum atomic E-state index is 12.3. The number of fused-ring (bicyclic) bond motifs is 1. The van der Waals surface area contributed by atoms with Gasteiger partial charge < -0.3 is 5.11 Å². The number of anilines is 1. The topological polar surface area (TPSA) is 83.5 Å². The number of carbonyl (C=O) groups is 1. The zero-order valence-corrected chi connectivity index (χ0v) is 12.8. The summed E-state index contributed by atoms with van der Waals surface area (Å²) in [6, 6.07) is 14.0. The molecule has 5 nitrogen and oxygen atoms in total. The fraction of sp³-hybridized carbons (Fsp3) is 0. The number of carboxylic acids is 1. The van der Waals surface area contributed by atoms with Gasteiger partial charge in [0.2, 0.25) is 0 Å². The maximum absolute atomic E-state index is 12.3. The van der Waals surface area contributed by atoms with Crippen molar-refractivity contribution < 1.29 is 18.3 Å². The number of benzene rings is 2. The normalized spacial score (nSPS) is 11.5. The van der Waals surface area contributed by atoms with Gasteiger partial charge in [0, 0.05) is 11.1 Å². The highest BCUT2D eigenvalue weighted by Crippen LogP contribution is 2.25. The van der Waals surface area contributed by atoms with Crippen molar-refractivity contribution in [2.24, 2.45) is 0 Å². The molecule has 3 aromatic rings. The molecule has 3 rings (SSSR count). The third kappa shape index (κ3) is 2.81. The Bertz CT molecular complexity index is 960. The summed E-state index contributed by atoms with van der Waals surface area (Å²) < 4.78 is 27.0. The molecule has 112 valence electrons. The molecule has 0 radical (unpaired) electrons. The van der Waals surface area contributed by atoms with E-state index in [1.807, 2.05) is 30.3 Å². The lowest BCUT2D eigenvalue weighted by Crippen LogP contribution is -2.11. The van der Waals surface area contributed by atoms with Gasteiger partial charge in [-0.1, -0.05) is 30.3 Å². The van der Waals surface area contributed by atoms with Crippen LogP contribution in [0.3, 0.4) is 0 Å². The molecule has 0 spiro atoms. The number of nitrogens with one attached hydrogen (secondary N) is 1. The lowest BCUT2D eigenvalue weighted by molar-refractivity contribution is 0.0697. The molecule has 0 bridgehead atoms. The molecule has 0 saturated carbocycles. The van der Waals surface area contributed by atoms with Gasteiger partial charge in [-0.2, -0.15) is 0 Å². The number of aromatic carboxylic acids is 1. The summed E-state index contributed by atoms with van der Waals surface area (Å²) in [4.78, 5) is 10.8. The van der Waals surface area contributed by atoms with Gasteiger partial charge in [-0.3, -0.25) is 4.72 Å². The van der Waals surface area contributed by atoms with Crippen LogP contribution in [-0.2, 0) is 10.0 Å². The molecule has 2 N–H and O–H groups in total. The van der Waals surface area contributed by atoms with E-state index < -0.39 is 16.0 Å². The SMILES string of the molecule is O=C(O)c1csc(S(=O)(=O)Nc2ccc3ccccc3c2)c1. The van der Waals surface area contributed by atoms with Gasteiger partial charge in [-0.15, -0.1) is 11.3 Å². The first-order valence-corrected chi connectivity index (χ1v) is 8.65. The standard InChI is InChI=1S/C15H11NO4S2/c17-15(18)12-8-14(21-9-12)22(19,20)16-13-6-5-10-3-1-2-4-11(10)7-13/h1-9,16H,(H,17,18). The first-order chi connectivity index (χ1) is 10.5. The second-order valence-corrected chi connectivity index (χ2v) is 7.45. The minimum absolute atomic E-state index is 0.0296. The zero-order valence-electron chi connectivity index (χ0n) is 11.2. The quantitative estimate of drug-likeness (QED) is 0.766. The molecule has 1 heterocycles. The lowest BCUT2D eigenvalue weighted by atomic mass is 10.1. The minimum atomic E-state index is -3.79. The first-order valence-electron chi connectivity index (χ1n) is 6.29. The van der Waals surface area contributed by atoms with Crippen molar-refractivity contribution in [2.75, 3.05) is 4.72 Å². The van der Waals surface area contributed by atoms with Crippen LogP contribution in [0.15, 0.2) is 58.1 Å². The molecule has 0 aliphatic heterocycles. The molecule has 0 unspecified atom stereocenters. The summed E-state index contributed by atoms with van der Waals surface area (Å²) in [6.07, 6.45) is 0. The average Bonchev–Trinajstić information content (AvgIpc) is 2.97. The molecule has 0 saturated heterocycles. The molecular formula is C15H11NO4S2. The Morgan fingerprint density at radius 3 is 2.45 bits per heavy atom. The lowest BCUT2D eigenvalue weighted by Gasteiger charge is -2.07. The van der Waals surface area contributed by atoms with Crippen molar-refractivity contribution in [1.29, 1.82) is 0 Å². The van der Waals surface area contributed by atoms with Crippen molar-refractivity contribution in [3.05, 3.63) is 59.5 Å². The molecule has 2 aromatic carbocycles. The molecule has 0 fully saturated rings. The molecule has 22 heavy (non-hydrogen) atoms. The number of sulfonamides is 1. The molecular weight excluding hydrogens is 322 g/mol. The Morgan fingerprint density at radius 1 is 1.05 bits per heavy atom. The van der Waals surface area contributed by atoms with E-state index >= 15 is 0 Å². The van der Waals surface area contributed by atoms with Gasteiger partial charge in [0.25, 0.3) is 10.0 Å². The fourth-order valence-electron chi connectivity index (χ4n) is 2.03. The number of rotatable bonds is 4. The minimum Gasteiger partial charge on any atom is -0.478 e. The Kier molecular flexibility index (Phi) is 3.59. The van der Waals surface area contributed by atoms with E-state index in [0.717, 1.165) is 28.2 Å². The number of hydrogen-bond donors (Lipinski definition) is 2. The van der Waals surface area contributed by atoms with Gasteiger partial charge in [-0.05, 0) is 29.0 Å². The Balaban J connectivity index is 1.93. The smallest absolute Gasteiger partial charge is 0.336 e. The van der Waals surface area contributed by atoms with Crippen molar-refractivity contribution in [2.45, 2.75) is 4.21 Å². The highest BCUT2D eigenvalue weighted by Gasteiger charge is 2.19. The number of thiophene rings is 1. The molecule has 1 aromatic heterocycles. The first kappa shape index (κ1) is 14.6. The van der Waals surface area contributed by atoms with Crippen LogP contribution < -0.4 is 4.72 Å². The van der Waals surface area contributed by atoms with Crippen molar-refractivity contribution >= 4 is 43.8 Å². The summed E-state index contributed by atoms with van der Waals surface area (Å²) >= 11 is 0.876. The molecule has 0 amide bonds. The second-order valence-electron chi connectivity index (χ2n) is 4.63. The summed E-state index contributed by atoms with van der Waals surface area (Å²) in [6.45, 7) is 0. The predicted octanol–water partition coefficient (Wildman–Crippen LogP) is 3.40. The summed E-state index contributed by atoms with van der Waals surface area (Å²) in [5, 5.41) is 12.1. The van der Waals surface area contributed by atoms with E-state index in [1.165, 1.54) is 5.38 Å².